The first-order chi connectivity index (χ1) is 8.39. The van der Waals surface area contributed by atoms with Crippen LogP contribution in [-0.2, 0) is 0 Å². The van der Waals surface area contributed by atoms with E-state index in [2.05, 4.69) is 4.98 Å². The fourth-order valence-corrected chi connectivity index (χ4v) is 2.32. The Kier molecular flexibility index (Phi) is 5.27. The highest BCUT2D eigenvalue weighted by molar-refractivity contribution is 7.99. The average Bonchev–Trinajstić information content (AvgIpc) is 2.29. The summed E-state index contributed by atoms with van der Waals surface area (Å²) >= 11 is 7.15. The second-order valence-electron chi connectivity index (χ2n) is 4.05. The van der Waals surface area contributed by atoms with Gasteiger partial charge in [-0.25, -0.2) is 0 Å². The number of nitriles is 1. The van der Waals surface area contributed by atoms with Gasteiger partial charge in [0, 0.05) is 4.90 Å². The molecule has 1 atom stereocenters. The van der Waals surface area contributed by atoms with Gasteiger partial charge in [0.1, 0.15) is 11.8 Å². The molecule has 1 aromatic heterocycles. The van der Waals surface area contributed by atoms with E-state index in [4.69, 9.17) is 21.6 Å². The Bertz CT molecular complexity index is 458. The maximum atomic E-state index is 9.40. The van der Waals surface area contributed by atoms with E-state index in [1.165, 1.54) is 18.0 Å². The van der Waals surface area contributed by atoms with Crippen LogP contribution in [0.5, 0.6) is 5.75 Å². The van der Waals surface area contributed by atoms with E-state index >= 15 is 0 Å². The molecule has 1 aromatic rings. The SMILES string of the molecule is CCSc1cc(OC(C)(C)C#N)cnc1C(O)Cl. The van der Waals surface area contributed by atoms with Gasteiger partial charge in [-0.2, -0.15) is 5.26 Å². The normalized spacial score (nSPS) is 12.9. The Balaban J connectivity index is 3.04. The number of aliphatic hydroxyl groups is 1. The molecule has 0 saturated carbocycles. The lowest BCUT2D eigenvalue weighted by atomic mass is 10.2. The average molecular weight is 287 g/mol. The fourth-order valence-electron chi connectivity index (χ4n) is 1.26. The molecule has 6 heteroatoms. The lowest BCUT2D eigenvalue weighted by molar-refractivity contribution is 0.168. The number of rotatable bonds is 5. The van der Waals surface area contributed by atoms with Gasteiger partial charge in [-0.05, 0) is 25.7 Å². The van der Waals surface area contributed by atoms with Crippen molar-refractivity contribution in [2.24, 2.45) is 0 Å². The number of thioether (sulfide) groups is 1. The third-order valence-corrected chi connectivity index (χ3v) is 3.16. The number of halogens is 1. The number of ether oxygens (including phenoxy) is 1. The molecule has 4 nitrogen and oxygen atoms in total. The summed E-state index contributed by atoms with van der Waals surface area (Å²) < 4.78 is 5.51. The molecule has 0 fully saturated rings. The van der Waals surface area contributed by atoms with Gasteiger partial charge in [-0.15, -0.1) is 11.8 Å². The molecule has 1 heterocycles. The van der Waals surface area contributed by atoms with Crippen LogP contribution in [0.2, 0.25) is 0 Å². The number of aliphatic hydroxyl groups excluding tert-OH is 1. The predicted octanol–water partition coefficient (Wildman–Crippen LogP) is 3.10. The van der Waals surface area contributed by atoms with E-state index in [1.807, 2.05) is 13.0 Å². The lowest BCUT2D eigenvalue weighted by Gasteiger charge is -2.19. The van der Waals surface area contributed by atoms with Crippen molar-refractivity contribution >= 4 is 23.4 Å². The smallest absolute Gasteiger partial charge is 0.188 e. The molecule has 0 aliphatic rings. The Morgan fingerprint density at radius 1 is 1.67 bits per heavy atom. The van der Waals surface area contributed by atoms with Gasteiger partial charge in [-0.3, -0.25) is 4.98 Å². The van der Waals surface area contributed by atoms with Crippen molar-refractivity contribution in [1.82, 2.24) is 4.98 Å². The lowest BCUT2D eigenvalue weighted by Crippen LogP contribution is -2.25. The van der Waals surface area contributed by atoms with Crippen LogP contribution in [0, 0.1) is 11.3 Å². The molecule has 0 saturated heterocycles. The van der Waals surface area contributed by atoms with Crippen LogP contribution in [-0.4, -0.2) is 21.4 Å². The molecule has 0 radical (unpaired) electrons. The van der Waals surface area contributed by atoms with Gasteiger partial charge in [0.25, 0.3) is 0 Å². The van der Waals surface area contributed by atoms with Gasteiger partial charge in [0.15, 0.2) is 11.2 Å². The van der Waals surface area contributed by atoms with Crippen LogP contribution in [0.15, 0.2) is 17.2 Å². The van der Waals surface area contributed by atoms with Gasteiger partial charge >= 0.3 is 0 Å². The summed E-state index contributed by atoms with van der Waals surface area (Å²) in [5.41, 5.74) is -1.65. The number of hydrogen-bond acceptors (Lipinski definition) is 5. The number of alkyl halides is 1. The number of pyridine rings is 1. The van der Waals surface area contributed by atoms with Gasteiger partial charge in [0.05, 0.1) is 11.9 Å². The van der Waals surface area contributed by atoms with Crippen molar-refractivity contribution in [2.45, 2.75) is 36.8 Å². The molecule has 0 spiro atoms. The summed E-state index contributed by atoms with van der Waals surface area (Å²) in [6, 6.07) is 3.78. The maximum absolute atomic E-state index is 9.40. The summed E-state index contributed by atoms with van der Waals surface area (Å²) in [5, 5.41) is 18.3. The zero-order valence-corrected chi connectivity index (χ0v) is 12.0. The monoisotopic (exact) mass is 286 g/mol. The van der Waals surface area contributed by atoms with E-state index in [-0.39, 0.29) is 0 Å². The second-order valence-corrected chi connectivity index (χ2v) is 5.77. The van der Waals surface area contributed by atoms with E-state index in [0.717, 1.165) is 10.6 Å². The molecule has 1 N–H and O–H groups in total. The standard InChI is InChI=1S/C12H15ClN2O2S/c1-4-18-9-5-8(17-12(2,3)7-14)6-15-10(9)11(13)16/h5-6,11,16H,4H2,1-3H3. The minimum atomic E-state index is -1.14. The second kappa shape index (κ2) is 6.28. The predicted molar refractivity (Wildman–Crippen MR) is 71.8 cm³/mol. The molecule has 1 unspecified atom stereocenters. The summed E-state index contributed by atoms with van der Waals surface area (Å²) in [4.78, 5) is 4.83. The first kappa shape index (κ1) is 15.1. The van der Waals surface area contributed by atoms with Crippen molar-refractivity contribution in [3.05, 3.63) is 18.0 Å². The van der Waals surface area contributed by atoms with Crippen molar-refractivity contribution in [3.63, 3.8) is 0 Å². The van der Waals surface area contributed by atoms with E-state index in [0.29, 0.717) is 11.4 Å². The van der Waals surface area contributed by atoms with Crippen LogP contribution < -0.4 is 4.74 Å². The highest BCUT2D eigenvalue weighted by atomic mass is 35.5. The topological polar surface area (TPSA) is 66.1 Å². The zero-order chi connectivity index (χ0) is 13.8. The molecule has 0 amide bonds. The van der Waals surface area contributed by atoms with Crippen molar-refractivity contribution in [2.75, 3.05) is 5.75 Å². The molecule has 0 aromatic carbocycles. The minimum Gasteiger partial charge on any atom is -0.471 e. The third kappa shape index (κ3) is 4.05. The van der Waals surface area contributed by atoms with Crippen LogP contribution >= 0.6 is 23.4 Å². The summed E-state index contributed by atoms with van der Waals surface area (Å²) in [6.45, 7) is 5.33. The van der Waals surface area contributed by atoms with Crippen LogP contribution in [0.3, 0.4) is 0 Å². The fraction of sp³-hybridized carbons (Fsp3) is 0.500. The molecular weight excluding hydrogens is 272 g/mol. The molecular formula is C12H15ClN2O2S. The first-order valence-electron chi connectivity index (χ1n) is 5.44. The van der Waals surface area contributed by atoms with E-state index in [9.17, 15) is 5.11 Å². The van der Waals surface area contributed by atoms with E-state index in [1.54, 1.807) is 19.9 Å². The van der Waals surface area contributed by atoms with Crippen molar-refractivity contribution in [3.8, 4) is 11.8 Å². The molecule has 0 bridgehead atoms. The highest BCUT2D eigenvalue weighted by Gasteiger charge is 2.20. The Labute approximate surface area is 116 Å². The van der Waals surface area contributed by atoms with Crippen molar-refractivity contribution in [1.29, 1.82) is 5.26 Å². The molecule has 0 aliphatic carbocycles. The van der Waals surface area contributed by atoms with Crippen LogP contribution in [0.25, 0.3) is 0 Å². The van der Waals surface area contributed by atoms with E-state index < -0.39 is 11.2 Å². The van der Waals surface area contributed by atoms with Gasteiger partial charge < -0.3 is 9.84 Å². The maximum Gasteiger partial charge on any atom is 0.188 e. The largest absolute Gasteiger partial charge is 0.471 e. The molecule has 98 valence electrons. The highest BCUT2D eigenvalue weighted by Crippen LogP contribution is 2.31. The first-order valence-corrected chi connectivity index (χ1v) is 6.87. The Morgan fingerprint density at radius 3 is 2.83 bits per heavy atom. The number of aromatic nitrogens is 1. The Morgan fingerprint density at radius 2 is 2.33 bits per heavy atom. The molecule has 1 rings (SSSR count). The zero-order valence-electron chi connectivity index (χ0n) is 10.5. The summed E-state index contributed by atoms with van der Waals surface area (Å²) in [7, 11) is 0. The van der Waals surface area contributed by atoms with Gasteiger partial charge in [0.2, 0.25) is 0 Å². The quantitative estimate of drug-likeness (QED) is 0.665. The van der Waals surface area contributed by atoms with Crippen LogP contribution in [0.4, 0.5) is 0 Å². The number of hydrogen-bond donors (Lipinski definition) is 1. The summed E-state index contributed by atoms with van der Waals surface area (Å²) in [6.07, 6.45) is 1.46. The van der Waals surface area contributed by atoms with Crippen LogP contribution in [0.1, 0.15) is 32.0 Å². The van der Waals surface area contributed by atoms with Gasteiger partial charge in [-0.1, -0.05) is 18.5 Å². The molecule has 0 aliphatic heterocycles. The Hall–Kier alpha value is -0.960. The summed E-state index contributed by atoms with van der Waals surface area (Å²) in [5.74, 6) is 1.31. The minimum absolute atomic E-state index is 0.408. The van der Waals surface area contributed by atoms with Crippen molar-refractivity contribution < 1.29 is 9.84 Å². The third-order valence-electron chi connectivity index (χ3n) is 2.02. The molecule has 18 heavy (non-hydrogen) atoms. The number of nitrogens with zero attached hydrogens (tertiary/aromatic N) is 2.